The summed E-state index contributed by atoms with van der Waals surface area (Å²) in [6.07, 6.45) is 3.61. The van der Waals surface area contributed by atoms with Crippen LogP contribution in [0, 0.1) is 5.82 Å². The third kappa shape index (κ3) is 3.30. The first-order valence-corrected chi connectivity index (χ1v) is 8.43. The first-order valence-electron chi connectivity index (χ1n) is 8.06. The van der Waals surface area contributed by atoms with Crippen molar-refractivity contribution in [2.75, 3.05) is 6.54 Å². The van der Waals surface area contributed by atoms with E-state index in [-0.39, 0.29) is 16.8 Å². The van der Waals surface area contributed by atoms with Gasteiger partial charge in [-0.1, -0.05) is 22.8 Å². The summed E-state index contributed by atoms with van der Waals surface area (Å²) in [5.74, 6) is 0.212. The Morgan fingerprint density at radius 3 is 3.00 bits per heavy atom. The van der Waals surface area contributed by atoms with Crippen molar-refractivity contribution in [3.63, 3.8) is 0 Å². The summed E-state index contributed by atoms with van der Waals surface area (Å²) >= 11 is 5.80. The molecule has 0 aliphatic carbocycles. The van der Waals surface area contributed by atoms with Gasteiger partial charge in [-0.15, -0.1) is 0 Å². The second-order valence-electron chi connectivity index (χ2n) is 6.12. The number of carbonyl (C=O) groups excluding carboxylic acids is 1. The molecule has 1 aliphatic rings. The van der Waals surface area contributed by atoms with E-state index in [4.69, 9.17) is 16.1 Å². The zero-order chi connectivity index (χ0) is 18.1. The van der Waals surface area contributed by atoms with Gasteiger partial charge < -0.3 is 9.42 Å². The third-order valence-electron chi connectivity index (χ3n) is 4.28. The molecule has 0 spiro atoms. The number of halogens is 2. The predicted molar refractivity (Wildman–Crippen MR) is 91.7 cm³/mol. The average molecular weight is 373 g/mol. The summed E-state index contributed by atoms with van der Waals surface area (Å²) in [6, 6.07) is 8.08. The molecular formula is C18H14ClFN4O2. The number of nitrogens with zero attached hydrogens (tertiary/aromatic N) is 4. The lowest BCUT2D eigenvalue weighted by atomic mass is 10.1. The zero-order valence-corrected chi connectivity index (χ0v) is 14.4. The molecule has 1 atom stereocenters. The topological polar surface area (TPSA) is 72.1 Å². The summed E-state index contributed by atoms with van der Waals surface area (Å²) in [5, 5.41) is 4.02. The van der Waals surface area contributed by atoms with Gasteiger partial charge in [0, 0.05) is 37.5 Å². The Morgan fingerprint density at radius 2 is 2.23 bits per heavy atom. The molecule has 1 aromatic carbocycles. The van der Waals surface area contributed by atoms with Crippen LogP contribution < -0.4 is 0 Å². The minimum Gasteiger partial charge on any atom is -0.339 e. The van der Waals surface area contributed by atoms with Gasteiger partial charge in [0.25, 0.3) is 0 Å². The molecule has 3 heterocycles. The maximum atomic E-state index is 13.3. The molecule has 1 unspecified atom stereocenters. The lowest BCUT2D eigenvalue weighted by Gasteiger charge is -2.16. The number of hydrogen-bond donors (Lipinski definition) is 0. The largest absolute Gasteiger partial charge is 0.339 e. The Kier molecular flexibility index (Phi) is 4.38. The van der Waals surface area contributed by atoms with Gasteiger partial charge in [0.2, 0.25) is 17.6 Å². The van der Waals surface area contributed by atoms with Crippen LogP contribution in [0.4, 0.5) is 4.39 Å². The van der Waals surface area contributed by atoms with E-state index in [2.05, 4.69) is 15.1 Å². The van der Waals surface area contributed by atoms with Crippen LogP contribution in [-0.4, -0.2) is 32.5 Å². The van der Waals surface area contributed by atoms with Crippen molar-refractivity contribution in [3.05, 3.63) is 65.0 Å². The van der Waals surface area contributed by atoms with Crippen LogP contribution in [0.5, 0.6) is 0 Å². The molecule has 132 valence electrons. The molecule has 1 aliphatic heterocycles. The molecule has 0 saturated carbocycles. The molecular weight excluding hydrogens is 359 g/mol. The van der Waals surface area contributed by atoms with Gasteiger partial charge in [-0.2, -0.15) is 4.98 Å². The number of pyridine rings is 1. The minimum absolute atomic E-state index is 0.0171. The normalized spacial score (nSPS) is 17.1. The van der Waals surface area contributed by atoms with E-state index < -0.39 is 5.82 Å². The Hall–Kier alpha value is -2.80. The molecule has 26 heavy (non-hydrogen) atoms. The van der Waals surface area contributed by atoms with Crippen molar-refractivity contribution in [2.24, 2.45) is 0 Å². The highest BCUT2D eigenvalue weighted by Crippen LogP contribution is 2.30. The fourth-order valence-electron chi connectivity index (χ4n) is 2.96. The smallest absolute Gasteiger partial charge is 0.232 e. The maximum Gasteiger partial charge on any atom is 0.232 e. The van der Waals surface area contributed by atoms with Crippen molar-refractivity contribution >= 4 is 17.5 Å². The number of benzene rings is 1. The van der Waals surface area contributed by atoms with Crippen molar-refractivity contribution in [1.82, 2.24) is 20.0 Å². The Balaban J connectivity index is 1.48. The van der Waals surface area contributed by atoms with E-state index in [0.717, 1.165) is 11.1 Å². The summed E-state index contributed by atoms with van der Waals surface area (Å²) < 4.78 is 18.6. The molecule has 0 bridgehead atoms. The van der Waals surface area contributed by atoms with Crippen LogP contribution in [0.25, 0.3) is 11.4 Å². The Morgan fingerprint density at radius 1 is 1.35 bits per heavy atom. The summed E-state index contributed by atoms with van der Waals surface area (Å²) in [6.45, 7) is 0.821. The molecule has 6 nitrogen and oxygen atoms in total. The quantitative estimate of drug-likeness (QED) is 0.701. The molecule has 4 rings (SSSR count). The van der Waals surface area contributed by atoms with Crippen LogP contribution in [0.2, 0.25) is 5.02 Å². The number of carbonyl (C=O) groups is 1. The minimum atomic E-state index is -0.477. The van der Waals surface area contributed by atoms with Crippen molar-refractivity contribution in [3.8, 4) is 11.4 Å². The van der Waals surface area contributed by atoms with Crippen molar-refractivity contribution < 1.29 is 13.7 Å². The number of rotatable bonds is 4. The van der Waals surface area contributed by atoms with Gasteiger partial charge >= 0.3 is 0 Å². The summed E-state index contributed by atoms with van der Waals surface area (Å²) in [5.41, 5.74) is 1.52. The van der Waals surface area contributed by atoms with Crippen molar-refractivity contribution in [1.29, 1.82) is 0 Å². The molecule has 1 saturated heterocycles. The Bertz CT molecular complexity index is 947. The maximum absolute atomic E-state index is 13.3. The first-order chi connectivity index (χ1) is 12.6. The van der Waals surface area contributed by atoms with Gasteiger partial charge in [-0.05, 0) is 29.8 Å². The van der Waals surface area contributed by atoms with E-state index in [9.17, 15) is 9.18 Å². The van der Waals surface area contributed by atoms with Gasteiger partial charge in [0.05, 0.1) is 10.9 Å². The standard InChI is InChI=1S/C18H14ClFN4O2/c19-14-6-11(3-4-15(14)20)9-24-10-13(7-16(24)25)18-22-17(23-26-18)12-2-1-5-21-8-12/h1-6,8,13H,7,9-10H2. The fraction of sp³-hybridized carbons (Fsp3) is 0.222. The van der Waals surface area contributed by atoms with E-state index in [1.54, 1.807) is 29.4 Å². The lowest BCUT2D eigenvalue weighted by molar-refractivity contribution is -0.128. The molecule has 1 amide bonds. The fourth-order valence-corrected chi connectivity index (χ4v) is 3.17. The van der Waals surface area contributed by atoms with Gasteiger partial charge in [0.1, 0.15) is 5.82 Å². The van der Waals surface area contributed by atoms with Crippen LogP contribution in [0.15, 0.2) is 47.2 Å². The van der Waals surface area contributed by atoms with Crippen molar-refractivity contribution in [2.45, 2.75) is 18.9 Å². The summed E-state index contributed by atoms with van der Waals surface area (Å²) in [7, 11) is 0. The number of likely N-dealkylation sites (tertiary alicyclic amines) is 1. The molecule has 0 N–H and O–H groups in total. The highest BCUT2D eigenvalue weighted by molar-refractivity contribution is 6.30. The van der Waals surface area contributed by atoms with Crippen LogP contribution in [0.3, 0.4) is 0 Å². The van der Waals surface area contributed by atoms with Crippen LogP contribution >= 0.6 is 11.6 Å². The van der Waals surface area contributed by atoms with Crippen LogP contribution in [0.1, 0.15) is 23.8 Å². The van der Waals surface area contributed by atoms with E-state index in [1.807, 2.05) is 6.07 Å². The summed E-state index contributed by atoms with van der Waals surface area (Å²) in [4.78, 5) is 22.4. The number of amides is 1. The van der Waals surface area contributed by atoms with E-state index in [1.165, 1.54) is 12.1 Å². The highest BCUT2D eigenvalue weighted by atomic mass is 35.5. The molecule has 2 aromatic heterocycles. The SMILES string of the molecule is O=C1CC(c2nc(-c3cccnc3)no2)CN1Cc1ccc(F)c(Cl)c1. The molecule has 3 aromatic rings. The third-order valence-corrected chi connectivity index (χ3v) is 4.57. The van der Waals surface area contributed by atoms with Gasteiger partial charge in [-0.25, -0.2) is 4.39 Å². The second-order valence-corrected chi connectivity index (χ2v) is 6.53. The second kappa shape index (κ2) is 6.84. The molecule has 1 fully saturated rings. The van der Waals surface area contributed by atoms with E-state index in [0.29, 0.717) is 31.2 Å². The van der Waals surface area contributed by atoms with E-state index >= 15 is 0 Å². The van der Waals surface area contributed by atoms with Gasteiger partial charge in [-0.3, -0.25) is 9.78 Å². The average Bonchev–Trinajstić information content (AvgIpc) is 3.27. The monoisotopic (exact) mass is 372 g/mol. The molecule has 8 heteroatoms. The number of aromatic nitrogens is 3. The lowest BCUT2D eigenvalue weighted by Crippen LogP contribution is -2.24. The predicted octanol–water partition coefficient (Wildman–Crippen LogP) is 3.44. The molecule has 0 radical (unpaired) electrons. The first kappa shape index (κ1) is 16.7. The number of hydrogen-bond acceptors (Lipinski definition) is 5. The highest BCUT2D eigenvalue weighted by Gasteiger charge is 2.34. The van der Waals surface area contributed by atoms with Crippen LogP contribution in [-0.2, 0) is 11.3 Å². The Labute approximate surface area is 153 Å². The zero-order valence-electron chi connectivity index (χ0n) is 13.6. The van der Waals surface area contributed by atoms with Gasteiger partial charge in [0.15, 0.2) is 0 Å².